The Morgan fingerprint density at radius 2 is 2.03 bits per heavy atom. The summed E-state index contributed by atoms with van der Waals surface area (Å²) < 4.78 is 6.22. The molecular formula is C17H17N7O4S. The summed E-state index contributed by atoms with van der Waals surface area (Å²) >= 11 is 4.03. The van der Waals surface area contributed by atoms with E-state index in [1.165, 1.54) is 29.7 Å². The van der Waals surface area contributed by atoms with Crippen LogP contribution >= 0.6 is 12.8 Å². The maximum Gasteiger partial charge on any atom is 0.332 e. The van der Waals surface area contributed by atoms with E-state index < -0.39 is 11.0 Å². The second-order valence-electron chi connectivity index (χ2n) is 5.71. The molecule has 0 bridgehead atoms. The van der Waals surface area contributed by atoms with Crippen molar-refractivity contribution in [2.45, 2.75) is 6.92 Å². The van der Waals surface area contributed by atoms with Crippen molar-refractivity contribution in [1.82, 2.24) is 19.3 Å². The third kappa shape index (κ3) is 4.60. The average Bonchev–Trinajstić information content (AvgIpc) is 2.72. The van der Waals surface area contributed by atoms with Gasteiger partial charge >= 0.3 is 6.03 Å². The molecule has 0 unspecified atom stereocenters. The Kier molecular flexibility index (Phi) is 5.93. The number of nitro benzene ring substituents is 1. The van der Waals surface area contributed by atoms with Crippen LogP contribution < -0.4 is 15.4 Å². The summed E-state index contributed by atoms with van der Waals surface area (Å²) in [7, 11) is 1.43. The zero-order valence-electron chi connectivity index (χ0n) is 15.5. The van der Waals surface area contributed by atoms with Crippen molar-refractivity contribution in [3.05, 3.63) is 46.6 Å². The number of fused-ring (bicyclic) bond motifs is 1. The topological polar surface area (TPSA) is 135 Å². The van der Waals surface area contributed by atoms with Gasteiger partial charge in [0, 0.05) is 6.54 Å². The maximum absolute atomic E-state index is 11.9. The number of methoxy groups -OCH3 is 1. The van der Waals surface area contributed by atoms with Gasteiger partial charge in [0.05, 0.1) is 24.3 Å². The monoisotopic (exact) mass is 415 g/mol. The van der Waals surface area contributed by atoms with Crippen molar-refractivity contribution in [3.63, 3.8) is 0 Å². The predicted octanol–water partition coefficient (Wildman–Crippen LogP) is 3.38. The Morgan fingerprint density at radius 1 is 1.28 bits per heavy atom. The van der Waals surface area contributed by atoms with Gasteiger partial charge in [-0.15, -0.1) is 0 Å². The number of carbonyl (C=O) groups excluding carboxylic acids is 1. The molecule has 0 saturated heterocycles. The van der Waals surface area contributed by atoms with E-state index in [-0.39, 0.29) is 28.7 Å². The fourth-order valence-electron chi connectivity index (χ4n) is 2.38. The largest absolute Gasteiger partial charge is 0.496 e. The van der Waals surface area contributed by atoms with E-state index in [2.05, 4.69) is 38.4 Å². The number of pyridine rings is 1. The lowest BCUT2D eigenvalue weighted by Gasteiger charge is -2.13. The number of urea groups is 1. The molecule has 0 aliphatic rings. The van der Waals surface area contributed by atoms with Gasteiger partial charge in [0.25, 0.3) is 5.69 Å². The molecule has 1 aromatic carbocycles. The van der Waals surface area contributed by atoms with Crippen molar-refractivity contribution >= 4 is 53.0 Å². The number of nitro groups is 1. The number of hydrogen-bond acceptors (Lipinski definition) is 9. The zero-order valence-corrected chi connectivity index (χ0v) is 16.4. The number of benzene rings is 1. The average molecular weight is 415 g/mol. The van der Waals surface area contributed by atoms with E-state index in [0.29, 0.717) is 17.8 Å². The van der Waals surface area contributed by atoms with E-state index >= 15 is 0 Å². The summed E-state index contributed by atoms with van der Waals surface area (Å²) in [6.07, 6.45) is 1.43. The summed E-state index contributed by atoms with van der Waals surface area (Å²) in [6, 6.07) is 7.22. The number of hydrogen-bond donors (Lipinski definition) is 3. The number of nitrogens with one attached hydrogen (secondary N) is 2. The molecule has 0 radical (unpaired) electrons. The van der Waals surface area contributed by atoms with Crippen LogP contribution in [0.15, 0.2) is 36.5 Å². The Bertz CT molecular complexity index is 1080. The fraction of sp³-hybridized carbons (Fsp3) is 0.176. The molecule has 150 valence electrons. The molecule has 12 heteroatoms. The van der Waals surface area contributed by atoms with Gasteiger partial charge in [0.15, 0.2) is 11.5 Å². The van der Waals surface area contributed by atoms with Crippen LogP contribution in [0.3, 0.4) is 0 Å². The Hall–Kier alpha value is -3.67. The van der Waals surface area contributed by atoms with Crippen LogP contribution in [0.2, 0.25) is 0 Å². The summed E-state index contributed by atoms with van der Waals surface area (Å²) in [4.78, 5) is 35.5. The van der Waals surface area contributed by atoms with Gasteiger partial charge in [-0.1, -0.05) is 12.8 Å². The number of rotatable bonds is 6. The standard InChI is InChI=1S/C17H17N7O4S/c1-3-23(29)17(25)22-14-7-6-12-16(20-14)21-15(9-18-12)19-11-5-4-10(28-2)8-13(11)24(26)27/h4-9,29H,3H2,1-2H3,(H2,19,20,21,22,25). The van der Waals surface area contributed by atoms with E-state index in [1.807, 2.05) is 0 Å². The van der Waals surface area contributed by atoms with Gasteiger partial charge in [-0.25, -0.2) is 19.7 Å². The first-order valence-electron chi connectivity index (χ1n) is 8.42. The summed E-state index contributed by atoms with van der Waals surface area (Å²) in [5.41, 5.74) is 0.804. The number of nitrogens with zero attached hydrogens (tertiary/aromatic N) is 5. The highest BCUT2D eigenvalue weighted by Gasteiger charge is 2.16. The molecule has 0 aliphatic carbocycles. The van der Waals surface area contributed by atoms with Crippen molar-refractivity contribution in [2.24, 2.45) is 0 Å². The minimum absolute atomic E-state index is 0.173. The molecular weight excluding hydrogens is 398 g/mol. The summed E-state index contributed by atoms with van der Waals surface area (Å²) in [6.45, 7) is 2.19. The maximum atomic E-state index is 11.9. The predicted molar refractivity (Wildman–Crippen MR) is 111 cm³/mol. The van der Waals surface area contributed by atoms with Crippen LogP contribution in [-0.4, -0.2) is 43.9 Å². The van der Waals surface area contributed by atoms with Crippen LogP contribution in [-0.2, 0) is 0 Å². The van der Waals surface area contributed by atoms with Crippen molar-refractivity contribution in [1.29, 1.82) is 0 Å². The Balaban J connectivity index is 1.89. The first-order chi connectivity index (χ1) is 13.9. The molecule has 0 spiro atoms. The van der Waals surface area contributed by atoms with Gasteiger partial charge in [-0.05, 0) is 31.2 Å². The van der Waals surface area contributed by atoms with Crippen LogP contribution in [0, 0.1) is 10.1 Å². The van der Waals surface area contributed by atoms with E-state index in [0.717, 1.165) is 0 Å². The number of ether oxygens (including phenoxy) is 1. The molecule has 0 aliphatic heterocycles. The molecule has 0 saturated carbocycles. The molecule has 11 nitrogen and oxygen atoms in total. The van der Waals surface area contributed by atoms with Crippen LogP contribution in [0.4, 0.5) is 27.8 Å². The number of amides is 2. The van der Waals surface area contributed by atoms with Gasteiger partial charge in [-0.3, -0.25) is 19.7 Å². The summed E-state index contributed by atoms with van der Waals surface area (Å²) in [5, 5.41) is 16.8. The lowest BCUT2D eigenvalue weighted by Crippen LogP contribution is -2.27. The Morgan fingerprint density at radius 3 is 2.72 bits per heavy atom. The highest BCUT2D eigenvalue weighted by atomic mass is 32.1. The molecule has 2 aromatic heterocycles. The quantitative estimate of drug-likeness (QED) is 0.317. The molecule has 2 N–H and O–H groups in total. The third-order valence-electron chi connectivity index (χ3n) is 3.84. The number of aromatic nitrogens is 3. The third-order valence-corrected chi connectivity index (χ3v) is 4.30. The molecule has 2 heterocycles. The normalized spacial score (nSPS) is 10.4. The Labute approximate surface area is 170 Å². The molecule has 0 atom stereocenters. The number of anilines is 3. The fourth-order valence-corrected chi connectivity index (χ4v) is 2.43. The van der Waals surface area contributed by atoms with Gasteiger partial charge in [-0.2, -0.15) is 0 Å². The number of carbonyl (C=O) groups is 1. The second kappa shape index (κ2) is 8.56. The van der Waals surface area contributed by atoms with Gasteiger partial charge in [0.2, 0.25) is 0 Å². The van der Waals surface area contributed by atoms with Crippen molar-refractivity contribution in [2.75, 3.05) is 24.3 Å². The van der Waals surface area contributed by atoms with Crippen molar-refractivity contribution < 1.29 is 14.5 Å². The first kappa shape index (κ1) is 20.1. The molecule has 29 heavy (non-hydrogen) atoms. The zero-order chi connectivity index (χ0) is 21.0. The van der Waals surface area contributed by atoms with Crippen LogP contribution in [0.5, 0.6) is 5.75 Å². The molecule has 0 fully saturated rings. The summed E-state index contributed by atoms with van der Waals surface area (Å²) in [5.74, 6) is 0.891. The molecule has 2 amide bonds. The lowest BCUT2D eigenvalue weighted by atomic mass is 10.2. The van der Waals surface area contributed by atoms with Crippen molar-refractivity contribution in [3.8, 4) is 5.75 Å². The molecule has 3 aromatic rings. The van der Waals surface area contributed by atoms with E-state index in [4.69, 9.17) is 4.74 Å². The molecule has 3 rings (SSSR count). The van der Waals surface area contributed by atoms with Gasteiger partial charge in [0.1, 0.15) is 22.8 Å². The van der Waals surface area contributed by atoms with Crippen LogP contribution in [0.25, 0.3) is 11.2 Å². The second-order valence-corrected chi connectivity index (χ2v) is 6.19. The smallest absolute Gasteiger partial charge is 0.332 e. The van der Waals surface area contributed by atoms with E-state index in [1.54, 1.807) is 25.1 Å². The first-order valence-corrected chi connectivity index (χ1v) is 8.82. The lowest BCUT2D eigenvalue weighted by molar-refractivity contribution is -0.384. The number of thiol groups is 1. The minimum atomic E-state index is -0.526. The highest BCUT2D eigenvalue weighted by molar-refractivity contribution is 7.78. The SMILES string of the molecule is CCN(S)C(=O)Nc1ccc2ncc(Nc3ccc(OC)cc3[N+](=O)[O-])nc2n1. The van der Waals surface area contributed by atoms with E-state index in [9.17, 15) is 14.9 Å². The van der Waals surface area contributed by atoms with Gasteiger partial charge < -0.3 is 10.1 Å². The highest BCUT2D eigenvalue weighted by Crippen LogP contribution is 2.31. The minimum Gasteiger partial charge on any atom is -0.496 e. The van der Waals surface area contributed by atoms with Crippen LogP contribution in [0.1, 0.15) is 6.92 Å².